The van der Waals surface area contributed by atoms with E-state index >= 15 is 0 Å². The molecule has 18 heavy (non-hydrogen) atoms. The first-order valence-electron chi connectivity index (χ1n) is 6.34. The lowest BCUT2D eigenvalue weighted by atomic mass is 9.90. The summed E-state index contributed by atoms with van der Waals surface area (Å²) < 4.78 is 0. The largest absolute Gasteiger partial charge is 0.371 e. The van der Waals surface area contributed by atoms with E-state index in [9.17, 15) is 9.59 Å². The molecule has 4 heteroatoms. The molecule has 1 aliphatic heterocycles. The van der Waals surface area contributed by atoms with E-state index < -0.39 is 5.54 Å². The van der Waals surface area contributed by atoms with E-state index in [0.29, 0.717) is 6.42 Å². The van der Waals surface area contributed by atoms with E-state index in [2.05, 4.69) is 17.6 Å². The summed E-state index contributed by atoms with van der Waals surface area (Å²) in [6, 6.07) is 9.55. The molecule has 1 aliphatic rings. The standard InChI is InChI=1S/C14H18N2O2/c1-2-3-9-14(10-12(17)15-13(14)18)16-11-7-5-4-6-8-11/h4-8,16H,2-3,9-10H2,1H3,(H,15,17,18). The quantitative estimate of drug-likeness (QED) is 0.782. The lowest BCUT2D eigenvalue weighted by Gasteiger charge is -2.27. The number of amides is 2. The molecular weight excluding hydrogens is 228 g/mol. The molecule has 1 unspecified atom stereocenters. The number of para-hydroxylation sites is 1. The summed E-state index contributed by atoms with van der Waals surface area (Å²) in [5, 5.41) is 5.63. The number of rotatable bonds is 5. The SMILES string of the molecule is CCCCC1(Nc2ccccc2)CC(=O)NC1=O. The van der Waals surface area contributed by atoms with Crippen molar-refractivity contribution >= 4 is 17.5 Å². The van der Waals surface area contributed by atoms with Crippen LogP contribution in [-0.2, 0) is 9.59 Å². The van der Waals surface area contributed by atoms with Gasteiger partial charge in [-0.3, -0.25) is 14.9 Å². The molecule has 2 rings (SSSR count). The third-order valence-electron chi connectivity index (χ3n) is 3.26. The van der Waals surface area contributed by atoms with Gasteiger partial charge in [-0.25, -0.2) is 0 Å². The predicted molar refractivity (Wildman–Crippen MR) is 70.1 cm³/mol. The molecule has 1 heterocycles. The molecule has 0 saturated carbocycles. The van der Waals surface area contributed by atoms with Crippen LogP contribution in [-0.4, -0.2) is 17.4 Å². The average molecular weight is 246 g/mol. The third-order valence-corrected chi connectivity index (χ3v) is 3.26. The van der Waals surface area contributed by atoms with Gasteiger partial charge in [0.1, 0.15) is 5.54 Å². The van der Waals surface area contributed by atoms with Gasteiger partial charge in [-0.15, -0.1) is 0 Å². The Bertz CT molecular complexity index is 444. The highest BCUT2D eigenvalue weighted by molar-refractivity contribution is 6.09. The number of hydrogen-bond acceptors (Lipinski definition) is 3. The van der Waals surface area contributed by atoms with Gasteiger partial charge in [-0.05, 0) is 18.6 Å². The number of nitrogens with one attached hydrogen (secondary N) is 2. The van der Waals surface area contributed by atoms with Crippen molar-refractivity contribution in [2.45, 2.75) is 38.1 Å². The van der Waals surface area contributed by atoms with Gasteiger partial charge in [0.2, 0.25) is 5.91 Å². The predicted octanol–water partition coefficient (Wildman–Crippen LogP) is 2.07. The Morgan fingerprint density at radius 1 is 1.28 bits per heavy atom. The molecule has 0 aromatic heterocycles. The van der Waals surface area contributed by atoms with Gasteiger partial charge >= 0.3 is 0 Å². The van der Waals surface area contributed by atoms with Gasteiger partial charge in [0.25, 0.3) is 5.91 Å². The Labute approximate surface area is 107 Å². The summed E-state index contributed by atoms with van der Waals surface area (Å²) >= 11 is 0. The molecule has 1 atom stereocenters. The average Bonchev–Trinajstić information content (AvgIpc) is 2.63. The molecule has 0 aliphatic carbocycles. The highest BCUT2D eigenvalue weighted by Crippen LogP contribution is 2.28. The van der Waals surface area contributed by atoms with E-state index in [1.165, 1.54) is 0 Å². The highest BCUT2D eigenvalue weighted by atomic mass is 16.2. The van der Waals surface area contributed by atoms with Crippen LogP contribution in [0.15, 0.2) is 30.3 Å². The van der Waals surface area contributed by atoms with Crippen molar-refractivity contribution in [2.24, 2.45) is 0 Å². The fraction of sp³-hybridized carbons (Fsp3) is 0.429. The van der Waals surface area contributed by atoms with Crippen LogP contribution in [0.1, 0.15) is 32.6 Å². The minimum Gasteiger partial charge on any atom is -0.371 e. The monoisotopic (exact) mass is 246 g/mol. The zero-order valence-corrected chi connectivity index (χ0v) is 10.5. The van der Waals surface area contributed by atoms with Crippen LogP contribution in [0.3, 0.4) is 0 Å². The maximum atomic E-state index is 12.0. The molecule has 4 nitrogen and oxygen atoms in total. The molecule has 0 radical (unpaired) electrons. The minimum atomic E-state index is -0.769. The Morgan fingerprint density at radius 3 is 2.56 bits per heavy atom. The van der Waals surface area contributed by atoms with Gasteiger partial charge in [-0.2, -0.15) is 0 Å². The number of carbonyl (C=O) groups excluding carboxylic acids is 2. The van der Waals surface area contributed by atoms with Crippen molar-refractivity contribution < 1.29 is 9.59 Å². The Kier molecular flexibility index (Phi) is 3.65. The van der Waals surface area contributed by atoms with Gasteiger partial charge in [-0.1, -0.05) is 38.0 Å². The number of benzene rings is 1. The lowest BCUT2D eigenvalue weighted by molar-refractivity contribution is -0.126. The van der Waals surface area contributed by atoms with Gasteiger partial charge in [0.15, 0.2) is 0 Å². The van der Waals surface area contributed by atoms with Crippen molar-refractivity contribution in [2.75, 3.05) is 5.32 Å². The van der Waals surface area contributed by atoms with Crippen LogP contribution in [0.4, 0.5) is 5.69 Å². The van der Waals surface area contributed by atoms with Crippen LogP contribution < -0.4 is 10.6 Å². The van der Waals surface area contributed by atoms with Gasteiger partial charge in [0.05, 0.1) is 6.42 Å². The van der Waals surface area contributed by atoms with Gasteiger partial charge in [0, 0.05) is 5.69 Å². The topological polar surface area (TPSA) is 58.2 Å². The zero-order chi connectivity index (χ0) is 13.0. The van der Waals surface area contributed by atoms with Crippen molar-refractivity contribution in [3.8, 4) is 0 Å². The summed E-state index contributed by atoms with van der Waals surface area (Å²) in [4.78, 5) is 23.5. The molecule has 1 saturated heterocycles. The second-order valence-electron chi connectivity index (χ2n) is 4.73. The molecule has 1 aromatic rings. The summed E-state index contributed by atoms with van der Waals surface area (Å²) in [6.07, 6.45) is 2.82. The first kappa shape index (κ1) is 12.6. The number of imide groups is 1. The summed E-state index contributed by atoms with van der Waals surface area (Å²) in [5.41, 5.74) is 0.104. The van der Waals surface area contributed by atoms with Crippen molar-refractivity contribution in [1.82, 2.24) is 5.32 Å². The second-order valence-corrected chi connectivity index (χ2v) is 4.73. The van der Waals surface area contributed by atoms with Crippen LogP contribution >= 0.6 is 0 Å². The third kappa shape index (κ3) is 2.53. The van der Waals surface area contributed by atoms with Crippen molar-refractivity contribution in [3.63, 3.8) is 0 Å². The maximum absolute atomic E-state index is 12.0. The number of hydrogen-bond donors (Lipinski definition) is 2. The number of unbranched alkanes of at least 4 members (excludes halogenated alkanes) is 1. The molecule has 96 valence electrons. The van der Waals surface area contributed by atoms with Gasteiger partial charge < -0.3 is 5.32 Å². The molecule has 1 fully saturated rings. The van der Waals surface area contributed by atoms with Crippen molar-refractivity contribution in [1.29, 1.82) is 0 Å². The second kappa shape index (κ2) is 5.21. The van der Waals surface area contributed by atoms with Crippen LogP contribution in [0, 0.1) is 0 Å². The Morgan fingerprint density at radius 2 is 2.00 bits per heavy atom. The fourth-order valence-corrected chi connectivity index (χ4v) is 2.29. The van der Waals surface area contributed by atoms with Crippen molar-refractivity contribution in [3.05, 3.63) is 30.3 Å². The lowest BCUT2D eigenvalue weighted by Crippen LogP contribution is -2.45. The zero-order valence-electron chi connectivity index (χ0n) is 10.5. The molecule has 0 bridgehead atoms. The summed E-state index contributed by atoms with van der Waals surface area (Å²) in [5.74, 6) is -0.399. The maximum Gasteiger partial charge on any atom is 0.252 e. The summed E-state index contributed by atoms with van der Waals surface area (Å²) in [7, 11) is 0. The Balaban J connectivity index is 2.20. The summed E-state index contributed by atoms with van der Waals surface area (Å²) in [6.45, 7) is 2.07. The van der Waals surface area contributed by atoms with Crippen LogP contribution in [0.2, 0.25) is 0 Å². The molecule has 2 amide bonds. The first-order chi connectivity index (χ1) is 8.66. The molecule has 0 spiro atoms. The van der Waals surface area contributed by atoms with E-state index in [-0.39, 0.29) is 18.2 Å². The van der Waals surface area contributed by atoms with Crippen LogP contribution in [0.25, 0.3) is 0 Å². The molecule has 2 N–H and O–H groups in total. The normalized spacial score (nSPS) is 22.9. The fourth-order valence-electron chi connectivity index (χ4n) is 2.29. The van der Waals surface area contributed by atoms with E-state index in [4.69, 9.17) is 0 Å². The minimum absolute atomic E-state index is 0.195. The molecule has 1 aromatic carbocycles. The Hall–Kier alpha value is -1.84. The van der Waals surface area contributed by atoms with Crippen LogP contribution in [0.5, 0.6) is 0 Å². The molecular formula is C14H18N2O2. The number of carbonyl (C=O) groups is 2. The smallest absolute Gasteiger partial charge is 0.252 e. The first-order valence-corrected chi connectivity index (χ1v) is 6.34. The van der Waals surface area contributed by atoms with E-state index in [0.717, 1.165) is 18.5 Å². The van der Waals surface area contributed by atoms with E-state index in [1.54, 1.807) is 0 Å². The number of anilines is 1. The highest BCUT2D eigenvalue weighted by Gasteiger charge is 2.46. The van der Waals surface area contributed by atoms with E-state index in [1.807, 2.05) is 30.3 Å².